The fraction of sp³-hybridized carbons (Fsp3) is 0.200. The van der Waals surface area contributed by atoms with Gasteiger partial charge in [0.15, 0.2) is 0 Å². The number of hydrogen-bond acceptors (Lipinski definition) is 3. The van der Waals surface area contributed by atoms with Crippen molar-refractivity contribution in [3.05, 3.63) is 54.4 Å². The molecule has 1 amide bonds. The molecule has 1 aliphatic rings. The summed E-state index contributed by atoms with van der Waals surface area (Å²) in [6, 6.07) is 11.1. The molecule has 1 fully saturated rings. The molecule has 0 bridgehead atoms. The number of nitrogens with one attached hydrogen (secondary N) is 1. The summed E-state index contributed by atoms with van der Waals surface area (Å²) in [5, 5.41) is 2.95. The summed E-state index contributed by atoms with van der Waals surface area (Å²) in [5.41, 5.74) is 7.84. The van der Waals surface area contributed by atoms with Crippen molar-refractivity contribution in [2.75, 3.05) is 11.1 Å². The molecule has 96 valence electrons. The van der Waals surface area contributed by atoms with E-state index in [0.717, 1.165) is 24.1 Å². The Labute approximate surface area is 111 Å². The van der Waals surface area contributed by atoms with Crippen LogP contribution in [0, 0.1) is 0 Å². The van der Waals surface area contributed by atoms with Crippen molar-refractivity contribution in [1.82, 2.24) is 4.98 Å². The van der Waals surface area contributed by atoms with E-state index < -0.39 is 0 Å². The summed E-state index contributed by atoms with van der Waals surface area (Å²) in [7, 11) is 0. The third-order valence-electron chi connectivity index (χ3n) is 3.59. The molecule has 0 atom stereocenters. The average molecular weight is 253 g/mol. The van der Waals surface area contributed by atoms with E-state index in [1.807, 2.05) is 24.3 Å². The second kappa shape index (κ2) is 4.39. The minimum Gasteiger partial charge on any atom is -0.399 e. The Hall–Kier alpha value is -2.36. The number of anilines is 2. The monoisotopic (exact) mass is 253 g/mol. The third-order valence-corrected chi connectivity index (χ3v) is 3.59. The van der Waals surface area contributed by atoms with Crippen LogP contribution in [0.2, 0.25) is 0 Å². The summed E-state index contributed by atoms with van der Waals surface area (Å²) >= 11 is 0. The van der Waals surface area contributed by atoms with Crippen LogP contribution in [-0.4, -0.2) is 10.9 Å². The first-order chi connectivity index (χ1) is 9.21. The largest absolute Gasteiger partial charge is 0.399 e. The molecule has 19 heavy (non-hydrogen) atoms. The minimum atomic E-state index is -0.378. The molecule has 1 aromatic carbocycles. The van der Waals surface area contributed by atoms with E-state index in [0.29, 0.717) is 5.69 Å². The van der Waals surface area contributed by atoms with Gasteiger partial charge < -0.3 is 11.1 Å². The molecule has 4 heteroatoms. The van der Waals surface area contributed by atoms with Gasteiger partial charge in [-0.2, -0.15) is 0 Å². The summed E-state index contributed by atoms with van der Waals surface area (Å²) in [6.07, 6.45) is 5.10. The van der Waals surface area contributed by atoms with E-state index in [-0.39, 0.29) is 11.3 Å². The number of carbonyl (C=O) groups is 1. The molecule has 3 rings (SSSR count). The predicted octanol–water partition coefficient (Wildman–Crippen LogP) is 2.33. The molecule has 1 aliphatic carbocycles. The highest BCUT2D eigenvalue weighted by Gasteiger charge is 2.51. The Morgan fingerprint density at radius 2 is 1.74 bits per heavy atom. The van der Waals surface area contributed by atoms with E-state index >= 15 is 0 Å². The number of nitrogens with two attached hydrogens (primary N) is 1. The van der Waals surface area contributed by atoms with Gasteiger partial charge in [-0.05, 0) is 42.7 Å². The van der Waals surface area contributed by atoms with Crippen LogP contribution < -0.4 is 11.1 Å². The Kier molecular flexibility index (Phi) is 2.71. The maximum absolute atomic E-state index is 12.4. The zero-order chi connectivity index (χ0) is 13.3. The predicted molar refractivity (Wildman–Crippen MR) is 74.6 cm³/mol. The first-order valence-electron chi connectivity index (χ1n) is 6.28. The summed E-state index contributed by atoms with van der Waals surface area (Å²) in [4.78, 5) is 16.4. The topological polar surface area (TPSA) is 68.0 Å². The SMILES string of the molecule is Nc1ccc(C2(C(=O)Nc3ccncc3)CC2)cc1. The van der Waals surface area contributed by atoms with Gasteiger partial charge in [0.25, 0.3) is 0 Å². The number of rotatable bonds is 3. The third kappa shape index (κ3) is 2.17. The summed E-state index contributed by atoms with van der Waals surface area (Å²) < 4.78 is 0. The van der Waals surface area contributed by atoms with Gasteiger partial charge >= 0.3 is 0 Å². The molecular formula is C15H15N3O. The normalized spacial score (nSPS) is 15.8. The zero-order valence-electron chi connectivity index (χ0n) is 10.5. The molecule has 3 N–H and O–H groups in total. The smallest absolute Gasteiger partial charge is 0.235 e. The van der Waals surface area contributed by atoms with Gasteiger partial charge in [-0.25, -0.2) is 0 Å². The van der Waals surface area contributed by atoms with E-state index in [4.69, 9.17) is 5.73 Å². The highest BCUT2D eigenvalue weighted by molar-refractivity contribution is 6.01. The fourth-order valence-corrected chi connectivity index (χ4v) is 2.26. The number of benzene rings is 1. The van der Waals surface area contributed by atoms with Gasteiger partial charge in [0.2, 0.25) is 5.91 Å². The lowest BCUT2D eigenvalue weighted by Gasteiger charge is -2.15. The number of nitrogens with zero attached hydrogens (tertiary/aromatic N) is 1. The lowest BCUT2D eigenvalue weighted by atomic mass is 9.94. The van der Waals surface area contributed by atoms with Gasteiger partial charge in [0.05, 0.1) is 5.41 Å². The molecule has 2 aromatic rings. The maximum atomic E-state index is 12.4. The highest BCUT2D eigenvalue weighted by atomic mass is 16.2. The van der Waals surface area contributed by atoms with E-state index in [1.165, 1.54) is 0 Å². The Balaban J connectivity index is 1.81. The van der Waals surface area contributed by atoms with Crippen LogP contribution in [0.15, 0.2) is 48.8 Å². The minimum absolute atomic E-state index is 0.0449. The number of carbonyl (C=O) groups excluding carboxylic acids is 1. The van der Waals surface area contributed by atoms with Crippen molar-refractivity contribution in [3.8, 4) is 0 Å². The van der Waals surface area contributed by atoms with Crippen molar-refractivity contribution < 1.29 is 4.79 Å². The number of hydrogen-bond donors (Lipinski definition) is 2. The second-order valence-corrected chi connectivity index (χ2v) is 4.89. The number of pyridine rings is 1. The molecule has 0 unspecified atom stereocenters. The van der Waals surface area contributed by atoms with E-state index in [1.54, 1.807) is 24.5 Å². The van der Waals surface area contributed by atoms with Gasteiger partial charge in [-0.15, -0.1) is 0 Å². The van der Waals surface area contributed by atoms with Crippen LogP contribution >= 0.6 is 0 Å². The maximum Gasteiger partial charge on any atom is 0.235 e. The zero-order valence-corrected chi connectivity index (χ0v) is 10.5. The fourth-order valence-electron chi connectivity index (χ4n) is 2.26. The average Bonchev–Trinajstić information content (AvgIpc) is 3.22. The van der Waals surface area contributed by atoms with Crippen LogP contribution in [0.3, 0.4) is 0 Å². The number of aromatic nitrogens is 1. The Bertz CT molecular complexity index is 589. The Morgan fingerprint density at radius 3 is 2.32 bits per heavy atom. The van der Waals surface area contributed by atoms with Gasteiger partial charge in [-0.3, -0.25) is 9.78 Å². The van der Waals surface area contributed by atoms with Crippen molar-refractivity contribution in [3.63, 3.8) is 0 Å². The lowest BCUT2D eigenvalue weighted by molar-refractivity contribution is -0.118. The van der Waals surface area contributed by atoms with Crippen molar-refractivity contribution in [2.45, 2.75) is 18.3 Å². The summed E-state index contributed by atoms with van der Waals surface area (Å²) in [6.45, 7) is 0. The standard InChI is InChI=1S/C15H15N3O/c16-12-3-1-11(2-4-12)15(7-8-15)14(19)18-13-5-9-17-10-6-13/h1-6,9-10H,7-8,16H2,(H,17,18,19). The van der Waals surface area contributed by atoms with Crippen LogP contribution in [-0.2, 0) is 10.2 Å². The number of nitrogen functional groups attached to an aromatic ring is 1. The van der Waals surface area contributed by atoms with E-state index in [9.17, 15) is 4.79 Å². The van der Waals surface area contributed by atoms with Gasteiger partial charge in [0.1, 0.15) is 0 Å². The molecule has 1 saturated carbocycles. The molecule has 4 nitrogen and oxygen atoms in total. The van der Waals surface area contributed by atoms with E-state index in [2.05, 4.69) is 10.3 Å². The van der Waals surface area contributed by atoms with Gasteiger partial charge in [-0.1, -0.05) is 12.1 Å². The van der Waals surface area contributed by atoms with Crippen LogP contribution in [0.5, 0.6) is 0 Å². The first-order valence-corrected chi connectivity index (χ1v) is 6.28. The summed E-state index contributed by atoms with van der Waals surface area (Å²) in [5.74, 6) is 0.0449. The second-order valence-electron chi connectivity index (χ2n) is 4.89. The first kappa shape index (κ1) is 11.7. The molecule has 0 saturated heterocycles. The lowest BCUT2D eigenvalue weighted by Crippen LogP contribution is -2.27. The Morgan fingerprint density at radius 1 is 1.11 bits per heavy atom. The highest BCUT2D eigenvalue weighted by Crippen LogP contribution is 2.49. The molecule has 0 radical (unpaired) electrons. The van der Waals surface area contributed by atoms with Crippen LogP contribution in [0.25, 0.3) is 0 Å². The number of amides is 1. The van der Waals surface area contributed by atoms with Crippen molar-refractivity contribution >= 4 is 17.3 Å². The molecule has 0 spiro atoms. The van der Waals surface area contributed by atoms with Crippen LogP contribution in [0.4, 0.5) is 11.4 Å². The van der Waals surface area contributed by atoms with Crippen LogP contribution in [0.1, 0.15) is 18.4 Å². The molecule has 0 aliphatic heterocycles. The van der Waals surface area contributed by atoms with Gasteiger partial charge in [0, 0.05) is 23.8 Å². The van der Waals surface area contributed by atoms with Crippen molar-refractivity contribution in [2.24, 2.45) is 0 Å². The van der Waals surface area contributed by atoms with Crippen molar-refractivity contribution in [1.29, 1.82) is 0 Å². The molecule has 1 aromatic heterocycles. The molecular weight excluding hydrogens is 238 g/mol. The quantitative estimate of drug-likeness (QED) is 0.825. The molecule has 1 heterocycles.